The number of amides is 3. The first-order valence-electron chi connectivity index (χ1n) is 8.94. The van der Waals surface area contributed by atoms with E-state index in [1.54, 1.807) is 49.6 Å². The van der Waals surface area contributed by atoms with Crippen molar-refractivity contribution >= 4 is 46.5 Å². The molecule has 0 spiro atoms. The molecule has 156 valence electrons. The molecule has 0 unspecified atom stereocenters. The fraction of sp³-hybridized carbons (Fsp3) is 0.190. The van der Waals surface area contributed by atoms with Crippen LogP contribution in [-0.2, 0) is 4.79 Å². The quantitative estimate of drug-likeness (QED) is 0.651. The minimum absolute atomic E-state index is 0.0548. The predicted molar refractivity (Wildman–Crippen MR) is 116 cm³/mol. The molecule has 3 rings (SSSR count). The number of halogens is 1. The lowest BCUT2D eigenvalue weighted by molar-refractivity contribution is -0.122. The average Bonchev–Trinajstić information content (AvgIpc) is 3.01. The normalized spacial score (nSPS) is 14.9. The van der Waals surface area contributed by atoms with Crippen LogP contribution in [0.15, 0.2) is 47.4 Å². The van der Waals surface area contributed by atoms with Gasteiger partial charge in [0.25, 0.3) is 17.1 Å². The molecule has 0 saturated carbocycles. The van der Waals surface area contributed by atoms with E-state index in [2.05, 4.69) is 5.32 Å². The van der Waals surface area contributed by atoms with Gasteiger partial charge in [0, 0.05) is 18.1 Å². The zero-order valence-electron chi connectivity index (χ0n) is 16.3. The lowest BCUT2D eigenvalue weighted by atomic mass is 10.2. The lowest BCUT2D eigenvalue weighted by Crippen LogP contribution is -2.37. The highest BCUT2D eigenvalue weighted by molar-refractivity contribution is 8.18. The standard InChI is InChI=1S/C21H19ClN2O5S/c1-28-15-6-3-13(4-7-15)11-18-20(26)24(21(27)30-18)10-9-23-19(25)16-12-14(22)5-8-17(16)29-2/h3-8,11-12H,9-10H2,1-2H3,(H,23,25)/b18-11-. The Kier molecular flexibility index (Phi) is 7.02. The van der Waals surface area contributed by atoms with Crippen LogP contribution >= 0.6 is 23.4 Å². The fourth-order valence-electron chi connectivity index (χ4n) is 2.78. The molecule has 30 heavy (non-hydrogen) atoms. The Bertz CT molecular complexity index is 1010. The van der Waals surface area contributed by atoms with Crippen molar-refractivity contribution in [1.82, 2.24) is 10.2 Å². The van der Waals surface area contributed by atoms with Crippen LogP contribution in [0.5, 0.6) is 11.5 Å². The maximum Gasteiger partial charge on any atom is 0.293 e. The lowest BCUT2D eigenvalue weighted by Gasteiger charge is -2.14. The van der Waals surface area contributed by atoms with E-state index in [1.807, 2.05) is 0 Å². The summed E-state index contributed by atoms with van der Waals surface area (Å²) in [6.45, 7) is 0.154. The van der Waals surface area contributed by atoms with Crippen molar-refractivity contribution in [2.45, 2.75) is 0 Å². The summed E-state index contributed by atoms with van der Waals surface area (Å²) in [5, 5.41) is 2.70. The molecule has 3 amide bonds. The van der Waals surface area contributed by atoms with E-state index in [-0.39, 0.29) is 23.9 Å². The third-order valence-corrected chi connectivity index (χ3v) is 5.46. The van der Waals surface area contributed by atoms with Crippen LogP contribution in [0.25, 0.3) is 6.08 Å². The molecule has 1 N–H and O–H groups in total. The van der Waals surface area contributed by atoms with Crippen molar-refractivity contribution in [1.29, 1.82) is 0 Å². The van der Waals surface area contributed by atoms with Crippen LogP contribution in [0.3, 0.4) is 0 Å². The summed E-state index contributed by atoms with van der Waals surface area (Å²) in [6, 6.07) is 11.8. The van der Waals surface area contributed by atoms with Gasteiger partial charge in [-0.2, -0.15) is 0 Å². The molecule has 2 aromatic carbocycles. The van der Waals surface area contributed by atoms with E-state index in [0.717, 1.165) is 22.2 Å². The number of carbonyl (C=O) groups excluding carboxylic acids is 3. The topological polar surface area (TPSA) is 84.9 Å². The maximum atomic E-state index is 12.6. The van der Waals surface area contributed by atoms with Gasteiger partial charge < -0.3 is 14.8 Å². The van der Waals surface area contributed by atoms with Gasteiger partial charge in [-0.1, -0.05) is 23.7 Å². The van der Waals surface area contributed by atoms with Crippen LogP contribution < -0.4 is 14.8 Å². The Labute approximate surface area is 183 Å². The van der Waals surface area contributed by atoms with Crippen LogP contribution in [0.2, 0.25) is 5.02 Å². The largest absolute Gasteiger partial charge is 0.497 e. The second-order valence-corrected chi connectivity index (χ2v) is 7.64. The minimum atomic E-state index is -0.407. The van der Waals surface area contributed by atoms with Gasteiger partial charge in [0.05, 0.1) is 24.7 Å². The molecule has 0 bridgehead atoms. The summed E-state index contributed by atoms with van der Waals surface area (Å²) in [5.74, 6) is 0.281. The van der Waals surface area contributed by atoms with Crippen molar-refractivity contribution in [2.24, 2.45) is 0 Å². The van der Waals surface area contributed by atoms with E-state index in [4.69, 9.17) is 21.1 Å². The number of hydrogen-bond donors (Lipinski definition) is 1. The molecule has 0 radical (unpaired) electrons. The minimum Gasteiger partial charge on any atom is -0.497 e. The van der Waals surface area contributed by atoms with E-state index in [1.165, 1.54) is 13.2 Å². The molecule has 9 heteroatoms. The fourth-order valence-corrected chi connectivity index (χ4v) is 3.82. The van der Waals surface area contributed by atoms with E-state index >= 15 is 0 Å². The zero-order chi connectivity index (χ0) is 21.7. The van der Waals surface area contributed by atoms with Gasteiger partial charge in [-0.05, 0) is 53.7 Å². The molecule has 1 fully saturated rings. The van der Waals surface area contributed by atoms with E-state index in [0.29, 0.717) is 21.4 Å². The number of rotatable bonds is 7. The number of ether oxygens (including phenoxy) is 2. The number of nitrogens with one attached hydrogen (secondary N) is 1. The number of methoxy groups -OCH3 is 2. The molecule has 1 aliphatic heterocycles. The summed E-state index contributed by atoms with van der Waals surface area (Å²) in [4.78, 5) is 38.6. The van der Waals surface area contributed by atoms with Crippen molar-refractivity contribution in [3.8, 4) is 11.5 Å². The summed E-state index contributed by atoms with van der Waals surface area (Å²) in [5.41, 5.74) is 1.06. The van der Waals surface area contributed by atoms with E-state index < -0.39 is 11.8 Å². The van der Waals surface area contributed by atoms with Gasteiger partial charge in [-0.3, -0.25) is 19.3 Å². The summed E-state index contributed by atoms with van der Waals surface area (Å²) >= 11 is 6.81. The number of hydrogen-bond acceptors (Lipinski definition) is 6. The smallest absolute Gasteiger partial charge is 0.293 e. The van der Waals surface area contributed by atoms with Crippen molar-refractivity contribution in [3.05, 3.63) is 63.5 Å². The van der Waals surface area contributed by atoms with Crippen LogP contribution in [-0.4, -0.2) is 49.3 Å². The van der Waals surface area contributed by atoms with Crippen LogP contribution in [0, 0.1) is 0 Å². The number of imide groups is 1. The average molecular weight is 447 g/mol. The van der Waals surface area contributed by atoms with Gasteiger partial charge in [-0.15, -0.1) is 0 Å². The molecule has 2 aromatic rings. The van der Waals surface area contributed by atoms with Gasteiger partial charge in [0.2, 0.25) is 0 Å². The molecular weight excluding hydrogens is 428 g/mol. The Morgan fingerprint density at radius 2 is 1.87 bits per heavy atom. The Hall–Kier alpha value is -2.97. The highest BCUT2D eigenvalue weighted by Gasteiger charge is 2.34. The van der Waals surface area contributed by atoms with Crippen LogP contribution in [0.4, 0.5) is 4.79 Å². The Morgan fingerprint density at radius 3 is 2.53 bits per heavy atom. The SMILES string of the molecule is COc1ccc(/C=C2\SC(=O)N(CCNC(=O)c3cc(Cl)ccc3OC)C2=O)cc1. The summed E-state index contributed by atoms with van der Waals surface area (Å²) in [7, 11) is 3.02. The Morgan fingerprint density at radius 1 is 1.13 bits per heavy atom. The van der Waals surface area contributed by atoms with Crippen molar-refractivity contribution in [3.63, 3.8) is 0 Å². The highest BCUT2D eigenvalue weighted by Crippen LogP contribution is 2.32. The molecule has 0 atom stereocenters. The first kappa shape index (κ1) is 21.7. The highest BCUT2D eigenvalue weighted by atomic mass is 35.5. The molecule has 1 heterocycles. The zero-order valence-corrected chi connectivity index (χ0v) is 17.9. The van der Waals surface area contributed by atoms with Crippen molar-refractivity contribution < 1.29 is 23.9 Å². The number of nitrogens with zero attached hydrogens (tertiary/aromatic N) is 1. The molecule has 1 saturated heterocycles. The van der Waals surface area contributed by atoms with Gasteiger partial charge in [-0.25, -0.2) is 0 Å². The first-order valence-corrected chi connectivity index (χ1v) is 10.1. The summed E-state index contributed by atoms with van der Waals surface area (Å²) in [6.07, 6.45) is 1.65. The third-order valence-electron chi connectivity index (χ3n) is 4.31. The van der Waals surface area contributed by atoms with Crippen molar-refractivity contribution in [2.75, 3.05) is 27.3 Å². The van der Waals surface area contributed by atoms with Gasteiger partial charge in [0.15, 0.2) is 0 Å². The Balaban J connectivity index is 1.61. The molecule has 7 nitrogen and oxygen atoms in total. The maximum absolute atomic E-state index is 12.6. The molecule has 1 aliphatic rings. The van der Waals surface area contributed by atoms with Gasteiger partial charge in [0.1, 0.15) is 11.5 Å². The predicted octanol–water partition coefficient (Wildman–Crippen LogP) is 3.82. The number of thioether (sulfide) groups is 1. The third kappa shape index (κ3) is 4.95. The number of benzene rings is 2. The monoisotopic (exact) mass is 446 g/mol. The molecule has 0 aromatic heterocycles. The molecular formula is C21H19ClN2O5S. The second kappa shape index (κ2) is 9.69. The van der Waals surface area contributed by atoms with Crippen LogP contribution in [0.1, 0.15) is 15.9 Å². The first-order chi connectivity index (χ1) is 14.4. The summed E-state index contributed by atoms with van der Waals surface area (Å²) < 4.78 is 10.3. The molecule has 0 aliphatic carbocycles. The van der Waals surface area contributed by atoms with E-state index in [9.17, 15) is 14.4 Å². The number of carbonyl (C=O) groups is 3. The van der Waals surface area contributed by atoms with Gasteiger partial charge >= 0.3 is 0 Å². The second-order valence-electron chi connectivity index (χ2n) is 6.21.